The SMILES string of the molecule is Cc1ccc(NC(=O)N(CC(=O)N(Cc2ccccc2)Cc2ccc(C)s2)CC(C)C)cc1. The molecule has 5 nitrogen and oxygen atoms in total. The molecule has 0 spiro atoms. The molecule has 0 saturated carbocycles. The van der Waals surface area contributed by atoms with Crippen molar-refractivity contribution in [1.82, 2.24) is 9.80 Å². The lowest BCUT2D eigenvalue weighted by atomic mass is 10.2. The molecule has 0 atom stereocenters. The number of carbonyl (C=O) groups excluding carboxylic acids is 2. The lowest BCUT2D eigenvalue weighted by Gasteiger charge is -2.29. The molecule has 3 rings (SSSR count). The number of hydrogen-bond donors (Lipinski definition) is 1. The van der Waals surface area contributed by atoms with Crippen molar-refractivity contribution in [3.05, 3.63) is 87.6 Å². The third-order valence-electron chi connectivity index (χ3n) is 5.21. The number of aryl methyl sites for hydroxylation is 2. The second kappa shape index (κ2) is 11.7. The molecule has 0 unspecified atom stereocenters. The Morgan fingerprint density at radius 1 is 0.879 bits per heavy atom. The molecule has 1 N–H and O–H groups in total. The third-order valence-corrected chi connectivity index (χ3v) is 6.20. The summed E-state index contributed by atoms with van der Waals surface area (Å²) in [4.78, 5) is 32.3. The monoisotopic (exact) mass is 463 g/mol. The van der Waals surface area contributed by atoms with Crippen molar-refractivity contribution in [2.24, 2.45) is 5.92 Å². The zero-order valence-electron chi connectivity index (χ0n) is 19.9. The van der Waals surface area contributed by atoms with Gasteiger partial charge in [0.1, 0.15) is 6.54 Å². The molecule has 0 fully saturated rings. The molecule has 33 heavy (non-hydrogen) atoms. The lowest BCUT2D eigenvalue weighted by molar-refractivity contribution is -0.133. The molecule has 0 aliphatic carbocycles. The predicted molar refractivity (Wildman–Crippen MR) is 136 cm³/mol. The first-order valence-electron chi connectivity index (χ1n) is 11.3. The highest BCUT2D eigenvalue weighted by atomic mass is 32.1. The van der Waals surface area contributed by atoms with Crippen LogP contribution in [-0.2, 0) is 17.9 Å². The van der Waals surface area contributed by atoms with Crippen LogP contribution in [0.5, 0.6) is 0 Å². The largest absolute Gasteiger partial charge is 0.332 e. The van der Waals surface area contributed by atoms with E-state index in [0.29, 0.717) is 19.6 Å². The van der Waals surface area contributed by atoms with Crippen LogP contribution in [0, 0.1) is 19.8 Å². The number of amides is 3. The smallest absolute Gasteiger partial charge is 0.322 e. The molecule has 0 bridgehead atoms. The molecule has 6 heteroatoms. The van der Waals surface area contributed by atoms with Gasteiger partial charge in [-0.15, -0.1) is 11.3 Å². The maximum Gasteiger partial charge on any atom is 0.322 e. The number of urea groups is 1. The van der Waals surface area contributed by atoms with Crippen LogP contribution in [0.15, 0.2) is 66.7 Å². The first-order chi connectivity index (χ1) is 15.8. The summed E-state index contributed by atoms with van der Waals surface area (Å²) in [6, 6.07) is 21.5. The first kappa shape index (κ1) is 24.5. The van der Waals surface area contributed by atoms with Crippen molar-refractivity contribution in [1.29, 1.82) is 0 Å². The zero-order valence-corrected chi connectivity index (χ0v) is 20.7. The van der Waals surface area contributed by atoms with Crippen molar-refractivity contribution in [3.8, 4) is 0 Å². The fourth-order valence-corrected chi connectivity index (χ4v) is 4.46. The molecule has 0 radical (unpaired) electrons. The number of rotatable bonds is 9. The minimum Gasteiger partial charge on any atom is -0.332 e. The van der Waals surface area contributed by atoms with Gasteiger partial charge in [-0.2, -0.15) is 0 Å². The highest BCUT2D eigenvalue weighted by Crippen LogP contribution is 2.19. The fraction of sp³-hybridized carbons (Fsp3) is 0.333. The number of hydrogen-bond acceptors (Lipinski definition) is 3. The van der Waals surface area contributed by atoms with Gasteiger partial charge in [0.05, 0.1) is 6.54 Å². The predicted octanol–water partition coefficient (Wildman–Crippen LogP) is 6.08. The van der Waals surface area contributed by atoms with Crippen LogP contribution in [0.25, 0.3) is 0 Å². The van der Waals surface area contributed by atoms with Gasteiger partial charge < -0.3 is 15.1 Å². The van der Waals surface area contributed by atoms with Crippen molar-refractivity contribution >= 4 is 29.0 Å². The van der Waals surface area contributed by atoms with E-state index in [9.17, 15) is 9.59 Å². The van der Waals surface area contributed by atoms with E-state index in [1.165, 1.54) is 4.88 Å². The lowest BCUT2D eigenvalue weighted by Crippen LogP contribution is -2.45. The average molecular weight is 464 g/mol. The van der Waals surface area contributed by atoms with Crippen molar-refractivity contribution in [3.63, 3.8) is 0 Å². The molecule has 2 aromatic carbocycles. The average Bonchev–Trinajstić information content (AvgIpc) is 3.19. The van der Waals surface area contributed by atoms with E-state index in [1.54, 1.807) is 16.2 Å². The number of thiophene rings is 1. The van der Waals surface area contributed by atoms with Gasteiger partial charge in [-0.25, -0.2) is 4.79 Å². The zero-order chi connectivity index (χ0) is 23.8. The van der Waals surface area contributed by atoms with Gasteiger partial charge in [0.2, 0.25) is 5.91 Å². The highest BCUT2D eigenvalue weighted by molar-refractivity contribution is 7.11. The molecular weight excluding hydrogens is 430 g/mol. The minimum atomic E-state index is -0.257. The Bertz CT molecular complexity index is 1040. The number of benzene rings is 2. The van der Waals surface area contributed by atoms with Crippen LogP contribution in [0.4, 0.5) is 10.5 Å². The van der Waals surface area contributed by atoms with Gasteiger partial charge in [0.25, 0.3) is 0 Å². The Morgan fingerprint density at radius 2 is 1.58 bits per heavy atom. The summed E-state index contributed by atoms with van der Waals surface area (Å²) in [6.07, 6.45) is 0. The maximum atomic E-state index is 13.5. The summed E-state index contributed by atoms with van der Waals surface area (Å²) >= 11 is 1.70. The summed E-state index contributed by atoms with van der Waals surface area (Å²) in [5, 5.41) is 2.94. The van der Waals surface area contributed by atoms with E-state index < -0.39 is 0 Å². The fourth-order valence-electron chi connectivity index (χ4n) is 3.56. The Kier molecular flexibility index (Phi) is 8.66. The van der Waals surface area contributed by atoms with Gasteiger partial charge in [-0.05, 0) is 49.6 Å². The van der Waals surface area contributed by atoms with Crippen molar-refractivity contribution < 1.29 is 9.59 Å². The molecular formula is C27H33N3O2S. The van der Waals surface area contributed by atoms with Crippen LogP contribution in [0.3, 0.4) is 0 Å². The van der Waals surface area contributed by atoms with E-state index in [-0.39, 0.29) is 24.4 Å². The normalized spacial score (nSPS) is 10.8. The number of anilines is 1. The topological polar surface area (TPSA) is 52.7 Å². The standard InChI is InChI=1S/C27H33N3O2S/c1-20(2)16-30(27(32)28-24-13-10-21(3)11-14-24)19-26(31)29(17-23-8-6-5-7-9-23)18-25-15-12-22(4)33-25/h5-15,20H,16-19H2,1-4H3,(H,28,32). The van der Waals surface area contributed by atoms with Crippen LogP contribution >= 0.6 is 11.3 Å². The summed E-state index contributed by atoms with van der Waals surface area (Å²) < 4.78 is 0. The Morgan fingerprint density at radius 3 is 2.18 bits per heavy atom. The van der Waals surface area contributed by atoms with Gasteiger partial charge in [0.15, 0.2) is 0 Å². The molecule has 174 valence electrons. The quantitative estimate of drug-likeness (QED) is 0.418. The van der Waals surface area contributed by atoms with Crippen LogP contribution in [0.2, 0.25) is 0 Å². The molecule has 0 aliphatic heterocycles. The third kappa shape index (κ3) is 7.75. The summed E-state index contributed by atoms with van der Waals surface area (Å²) in [5.74, 6) is 0.175. The van der Waals surface area contributed by atoms with Crippen molar-refractivity contribution in [2.45, 2.75) is 40.8 Å². The Labute approximate surface area is 201 Å². The molecule has 1 aromatic heterocycles. The van der Waals surface area contributed by atoms with Gasteiger partial charge in [0, 0.05) is 28.5 Å². The van der Waals surface area contributed by atoms with E-state index in [2.05, 4.69) is 24.4 Å². The molecule has 3 amide bonds. The van der Waals surface area contributed by atoms with Crippen molar-refractivity contribution in [2.75, 3.05) is 18.4 Å². The van der Waals surface area contributed by atoms with E-state index in [1.807, 2.05) is 80.3 Å². The van der Waals surface area contributed by atoms with E-state index in [0.717, 1.165) is 21.7 Å². The van der Waals surface area contributed by atoms with Gasteiger partial charge >= 0.3 is 6.03 Å². The number of carbonyl (C=O) groups is 2. The van der Waals surface area contributed by atoms with Crippen LogP contribution in [0.1, 0.15) is 34.7 Å². The maximum absolute atomic E-state index is 13.5. The Balaban J connectivity index is 1.75. The van der Waals surface area contributed by atoms with Gasteiger partial charge in [-0.1, -0.05) is 61.9 Å². The Hall–Kier alpha value is -3.12. The second-order valence-electron chi connectivity index (χ2n) is 8.82. The van der Waals surface area contributed by atoms with E-state index >= 15 is 0 Å². The minimum absolute atomic E-state index is 0.0348. The van der Waals surface area contributed by atoms with Crippen LogP contribution < -0.4 is 5.32 Å². The number of nitrogens with one attached hydrogen (secondary N) is 1. The van der Waals surface area contributed by atoms with Crippen LogP contribution in [-0.4, -0.2) is 34.8 Å². The highest BCUT2D eigenvalue weighted by Gasteiger charge is 2.23. The molecule has 0 saturated heterocycles. The second-order valence-corrected chi connectivity index (χ2v) is 10.2. The summed E-state index contributed by atoms with van der Waals surface area (Å²) in [5.41, 5.74) is 2.92. The summed E-state index contributed by atoms with van der Waals surface area (Å²) in [6.45, 7) is 9.74. The van der Waals surface area contributed by atoms with E-state index in [4.69, 9.17) is 0 Å². The molecule has 3 aromatic rings. The van der Waals surface area contributed by atoms with Gasteiger partial charge in [-0.3, -0.25) is 4.79 Å². The molecule has 1 heterocycles. The molecule has 0 aliphatic rings. The number of nitrogens with zero attached hydrogens (tertiary/aromatic N) is 2. The summed E-state index contributed by atoms with van der Waals surface area (Å²) in [7, 11) is 0. The first-order valence-corrected chi connectivity index (χ1v) is 12.1.